The number of nitrogens with one attached hydrogen (secondary N) is 1. The highest BCUT2D eigenvalue weighted by Crippen LogP contribution is 1.67. The van der Waals surface area contributed by atoms with Gasteiger partial charge in [0.25, 0.3) is 0 Å². The Balaban J connectivity index is 2.49. The Morgan fingerprint density at radius 1 is 1.83 bits per heavy atom. The van der Waals surface area contributed by atoms with Gasteiger partial charge in [-0.2, -0.15) is 5.53 Å². The highest BCUT2D eigenvalue weighted by Gasteiger charge is 1.72. The zero-order chi connectivity index (χ0) is 4.83. The molecule has 0 atom stereocenters. The molecule has 0 aliphatic rings. The van der Waals surface area contributed by atoms with Gasteiger partial charge in [-0.3, -0.25) is 0 Å². The van der Waals surface area contributed by atoms with Crippen molar-refractivity contribution < 1.29 is 9.94 Å². The molecule has 0 bridgehead atoms. The maximum Gasteiger partial charge on any atom is 0.141 e. The fourth-order valence-corrected chi connectivity index (χ4v) is 0.0865. The first kappa shape index (κ1) is 5.36. The van der Waals surface area contributed by atoms with Crippen LogP contribution in [0.2, 0.25) is 0 Å². The van der Waals surface area contributed by atoms with Crippen LogP contribution < -0.4 is 0 Å². The topological polar surface area (TPSA) is 65.7 Å². The Kier molecular flexibility index (Phi) is 3.89. The lowest BCUT2D eigenvalue weighted by Gasteiger charge is -1.85. The summed E-state index contributed by atoms with van der Waals surface area (Å²) in [7, 11) is 0. The van der Waals surface area contributed by atoms with E-state index in [4.69, 9.17) is 10.6 Å². The van der Waals surface area contributed by atoms with Crippen LogP contribution in [-0.2, 0) is 4.84 Å². The quantitative estimate of drug-likeness (QED) is 0.289. The van der Waals surface area contributed by atoms with Crippen LogP contribution in [0.25, 0.3) is 0 Å². The van der Waals surface area contributed by atoms with Gasteiger partial charge in [0.2, 0.25) is 0 Å². The highest BCUT2D eigenvalue weighted by molar-refractivity contribution is 4.12. The van der Waals surface area contributed by atoms with Gasteiger partial charge < -0.3 is 9.94 Å². The van der Waals surface area contributed by atoms with E-state index >= 15 is 0 Å². The third-order valence-electron chi connectivity index (χ3n) is 0.247. The highest BCUT2D eigenvalue weighted by atomic mass is 16.6. The first-order valence-electron chi connectivity index (χ1n) is 1.51. The average Bonchev–Trinajstić information content (AvgIpc) is 1.61. The number of aliphatic hydroxyl groups excluding tert-OH is 1. The minimum absolute atomic E-state index is 0.0810. The van der Waals surface area contributed by atoms with Gasteiger partial charge in [-0.25, -0.2) is 0 Å². The normalized spacial score (nSPS) is 7.50. The van der Waals surface area contributed by atoms with Crippen LogP contribution in [0.5, 0.6) is 0 Å². The predicted molar refractivity (Wildman–Crippen MR) is 18.2 cm³/mol. The molecular formula is C2H6N2O2. The fourth-order valence-electron chi connectivity index (χ4n) is 0.0865. The summed E-state index contributed by atoms with van der Waals surface area (Å²) in [5, 5.41) is 10.4. The van der Waals surface area contributed by atoms with Gasteiger partial charge >= 0.3 is 0 Å². The molecule has 0 radical (unpaired) electrons. The maximum absolute atomic E-state index is 7.93. The first-order chi connectivity index (χ1) is 2.91. The molecule has 4 heteroatoms. The van der Waals surface area contributed by atoms with Gasteiger partial charge in [-0.1, -0.05) is 0 Å². The van der Waals surface area contributed by atoms with Crippen molar-refractivity contribution in [1.29, 1.82) is 5.53 Å². The van der Waals surface area contributed by atoms with Crippen molar-refractivity contribution in [1.82, 2.24) is 0 Å². The molecule has 0 rings (SSSR count). The third kappa shape index (κ3) is 3.36. The Bertz CT molecular complexity index is 38.5. The van der Waals surface area contributed by atoms with E-state index in [1.165, 1.54) is 0 Å². The van der Waals surface area contributed by atoms with E-state index in [2.05, 4.69) is 10.1 Å². The average molecular weight is 90.1 g/mol. The van der Waals surface area contributed by atoms with E-state index in [-0.39, 0.29) is 13.2 Å². The minimum Gasteiger partial charge on any atom is -0.393 e. The zero-order valence-electron chi connectivity index (χ0n) is 3.22. The maximum atomic E-state index is 7.93. The van der Waals surface area contributed by atoms with E-state index in [1.54, 1.807) is 0 Å². The van der Waals surface area contributed by atoms with Gasteiger partial charge in [-0.05, 0) is 0 Å². The molecule has 36 valence electrons. The number of nitrogens with zero attached hydrogens (tertiary/aromatic N) is 1. The number of aliphatic hydroxyl groups is 1. The second-order valence-electron chi connectivity index (χ2n) is 0.648. The first-order valence-corrected chi connectivity index (χ1v) is 1.51. The zero-order valence-corrected chi connectivity index (χ0v) is 3.22. The predicted octanol–water partition coefficient (Wildman–Crippen LogP) is -0.0587. The van der Waals surface area contributed by atoms with Crippen molar-refractivity contribution in [3.05, 3.63) is 0 Å². The van der Waals surface area contributed by atoms with Crippen molar-refractivity contribution in [3.63, 3.8) is 0 Å². The Labute approximate surface area is 35.2 Å². The lowest BCUT2D eigenvalue weighted by atomic mass is 10.8. The summed E-state index contributed by atoms with van der Waals surface area (Å²) in [4.78, 5) is 4.02. The lowest BCUT2D eigenvalue weighted by molar-refractivity contribution is 0.0787. The fraction of sp³-hybridized carbons (Fsp3) is 1.00. The van der Waals surface area contributed by atoms with Crippen LogP contribution in [0.4, 0.5) is 0 Å². The number of rotatable bonds is 3. The van der Waals surface area contributed by atoms with Crippen LogP contribution in [0.3, 0.4) is 0 Å². The molecule has 2 N–H and O–H groups in total. The standard InChI is InChI=1S/C2H6N2O2/c3-4-6-2-1-5/h3,5H,1-2H2. The molecule has 0 unspecified atom stereocenters. The molecule has 6 heavy (non-hydrogen) atoms. The molecule has 0 amide bonds. The van der Waals surface area contributed by atoms with E-state index in [0.717, 1.165) is 0 Å². The summed E-state index contributed by atoms with van der Waals surface area (Å²) in [6, 6.07) is 0. The molecule has 0 heterocycles. The molecular weight excluding hydrogens is 84.0 g/mol. The van der Waals surface area contributed by atoms with Crippen LogP contribution in [0.15, 0.2) is 5.28 Å². The SMILES string of the molecule is N=NOCCO. The van der Waals surface area contributed by atoms with Gasteiger partial charge in [0.1, 0.15) is 6.61 Å². The largest absolute Gasteiger partial charge is 0.393 e. The molecule has 0 spiro atoms. The summed E-state index contributed by atoms with van der Waals surface area (Å²) < 4.78 is 0. The molecule has 0 fully saturated rings. The van der Waals surface area contributed by atoms with Gasteiger partial charge in [0.05, 0.1) is 6.61 Å². The monoisotopic (exact) mass is 90.0 g/mol. The summed E-state index contributed by atoms with van der Waals surface area (Å²) in [6.07, 6.45) is 0. The molecule has 4 nitrogen and oxygen atoms in total. The van der Waals surface area contributed by atoms with Gasteiger partial charge in [0.15, 0.2) is 0 Å². The third-order valence-corrected chi connectivity index (χ3v) is 0.247. The smallest absolute Gasteiger partial charge is 0.141 e. The van der Waals surface area contributed by atoms with E-state index in [1.807, 2.05) is 0 Å². The number of hydrogen-bond donors (Lipinski definition) is 2. The molecule has 0 aliphatic heterocycles. The van der Waals surface area contributed by atoms with Crippen LogP contribution in [0, 0.1) is 5.53 Å². The van der Waals surface area contributed by atoms with Crippen LogP contribution in [-0.4, -0.2) is 18.3 Å². The minimum atomic E-state index is -0.0810. The molecule has 0 saturated carbocycles. The second kappa shape index (κ2) is 4.36. The van der Waals surface area contributed by atoms with Crippen molar-refractivity contribution >= 4 is 0 Å². The molecule has 0 aromatic carbocycles. The summed E-state index contributed by atoms with van der Waals surface area (Å²) in [6.45, 7) is 0.0336. The van der Waals surface area contributed by atoms with Crippen molar-refractivity contribution in [2.75, 3.05) is 13.2 Å². The van der Waals surface area contributed by atoms with E-state index in [9.17, 15) is 0 Å². The molecule has 0 aromatic rings. The lowest BCUT2D eigenvalue weighted by Crippen LogP contribution is -1.90. The summed E-state index contributed by atoms with van der Waals surface area (Å²) in [5.41, 5.74) is 6.00. The van der Waals surface area contributed by atoms with Crippen molar-refractivity contribution in [3.8, 4) is 0 Å². The Morgan fingerprint density at radius 3 is 2.67 bits per heavy atom. The Hall–Kier alpha value is -0.640. The Morgan fingerprint density at radius 2 is 2.50 bits per heavy atom. The van der Waals surface area contributed by atoms with Gasteiger partial charge in [-0.15, -0.1) is 0 Å². The van der Waals surface area contributed by atoms with Crippen molar-refractivity contribution in [2.24, 2.45) is 5.28 Å². The summed E-state index contributed by atoms with van der Waals surface area (Å²) in [5.74, 6) is 0. The second-order valence-corrected chi connectivity index (χ2v) is 0.648. The van der Waals surface area contributed by atoms with Crippen LogP contribution >= 0.6 is 0 Å². The number of hydrogen-bond acceptors (Lipinski definition) is 4. The van der Waals surface area contributed by atoms with E-state index < -0.39 is 0 Å². The van der Waals surface area contributed by atoms with Crippen LogP contribution in [0.1, 0.15) is 0 Å². The molecule has 0 aliphatic carbocycles. The van der Waals surface area contributed by atoms with Crippen molar-refractivity contribution in [2.45, 2.75) is 0 Å². The summed E-state index contributed by atoms with van der Waals surface area (Å²) >= 11 is 0. The van der Waals surface area contributed by atoms with E-state index in [0.29, 0.717) is 0 Å². The molecule has 0 saturated heterocycles. The molecule has 0 aromatic heterocycles. The van der Waals surface area contributed by atoms with Gasteiger partial charge in [0, 0.05) is 5.28 Å².